The number of fused-ring (bicyclic) bond motifs is 1. The average Bonchev–Trinajstić information content (AvgIpc) is 2.40. The molecular formula is C15H22N2. The van der Waals surface area contributed by atoms with Crippen LogP contribution < -0.4 is 5.32 Å². The van der Waals surface area contributed by atoms with Gasteiger partial charge in [0.15, 0.2) is 0 Å². The molecule has 2 heterocycles. The standard InChI is InChI=1S/C15H22N2/c1-4-8-17(9-5-1)12-15-10-13-6-2-3-7-14(13)11-16-15/h2-3,6-7,15-16H,1,4-5,8-12H2. The van der Waals surface area contributed by atoms with Gasteiger partial charge in [-0.2, -0.15) is 0 Å². The third-order valence-corrected chi connectivity index (χ3v) is 4.09. The molecule has 92 valence electrons. The van der Waals surface area contributed by atoms with Crippen LogP contribution in [-0.4, -0.2) is 30.6 Å². The molecule has 0 amide bonds. The molecule has 2 heteroatoms. The van der Waals surface area contributed by atoms with E-state index in [9.17, 15) is 0 Å². The molecule has 0 bridgehead atoms. The maximum Gasteiger partial charge on any atom is 0.0238 e. The van der Waals surface area contributed by atoms with E-state index >= 15 is 0 Å². The van der Waals surface area contributed by atoms with Crippen molar-refractivity contribution in [3.63, 3.8) is 0 Å². The van der Waals surface area contributed by atoms with Gasteiger partial charge in [-0.25, -0.2) is 0 Å². The minimum Gasteiger partial charge on any atom is -0.308 e. The van der Waals surface area contributed by atoms with E-state index in [-0.39, 0.29) is 0 Å². The predicted molar refractivity (Wildman–Crippen MR) is 71.1 cm³/mol. The number of hydrogen-bond acceptors (Lipinski definition) is 2. The highest BCUT2D eigenvalue weighted by atomic mass is 15.2. The highest BCUT2D eigenvalue weighted by molar-refractivity contribution is 5.29. The summed E-state index contributed by atoms with van der Waals surface area (Å²) in [5, 5.41) is 3.68. The molecule has 0 aliphatic carbocycles. The molecule has 0 aromatic heterocycles. The molecule has 17 heavy (non-hydrogen) atoms. The molecule has 1 unspecified atom stereocenters. The second kappa shape index (κ2) is 5.19. The normalized spacial score (nSPS) is 25.5. The Hall–Kier alpha value is -0.860. The molecular weight excluding hydrogens is 208 g/mol. The number of hydrogen-bond donors (Lipinski definition) is 1. The van der Waals surface area contributed by atoms with Crippen molar-refractivity contribution in [3.8, 4) is 0 Å². The van der Waals surface area contributed by atoms with Gasteiger partial charge in [0, 0.05) is 19.1 Å². The second-order valence-electron chi connectivity index (χ2n) is 5.41. The monoisotopic (exact) mass is 230 g/mol. The summed E-state index contributed by atoms with van der Waals surface area (Å²) in [6.07, 6.45) is 5.41. The molecule has 1 saturated heterocycles. The van der Waals surface area contributed by atoms with Crippen LogP contribution in [0.15, 0.2) is 24.3 Å². The third kappa shape index (κ3) is 2.70. The smallest absolute Gasteiger partial charge is 0.0238 e. The van der Waals surface area contributed by atoms with Crippen molar-refractivity contribution in [2.75, 3.05) is 19.6 Å². The Balaban J connectivity index is 1.60. The zero-order chi connectivity index (χ0) is 11.5. The van der Waals surface area contributed by atoms with Gasteiger partial charge >= 0.3 is 0 Å². The third-order valence-electron chi connectivity index (χ3n) is 4.09. The van der Waals surface area contributed by atoms with Crippen molar-refractivity contribution in [1.82, 2.24) is 10.2 Å². The summed E-state index contributed by atoms with van der Waals surface area (Å²) in [5.74, 6) is 0. The number of piperidine rings is 1. The zero-order valence-corrected chi connectivity index (χ0v) is 10.5. The molecule has 2 aliphatic rings. The van der Waals surface area contributed by atoms with Gasteiger partial charge in [-0.1, -0.05) is 30.7 Å². The van der Waals surface area contributed by atoms with E-state index in [1.165, 1.54) is 50.9 Å². The number of nitrogens with one attached hydrogen (secondary N) is 1. The Labute approximate surface area is 104 Å². The van der Waals surface area contributed by atoms with Crippen molar-refractivity contribution in [1.29, 1.82) is 0 Å². The minimum absolute atomic E-state index is 0.656. The molecule has 2 nitrogen and oxygen atoms in total. The first-order chi connectivity index (χ1) is 8.42. The molecule has 2 aliphatic heterocycles. The van der Waals surface area contributed by atoms with Gasteiger partial charge in [0.1, 0.15) is 0 Å². The lowest BCUT2D eigenvalue weighted by atomic mass is 9.95. The Morgan fingerprint density at radius 1 is 1.06 bits per heavy atom. The van der Waals surface area contributed by atoms with E-state index in [1.807, 2.05) is 0 Å². The van der Waals surface area contributed by atoms with Crippen LogP contribution in [0.2, 0.25) is 0 Å². The predicted octanol–water partition coefficient (Wildman–Crippen LogP) is 2.19. The Kier molecular flexibility index (Phi) is 3.44. The number of benzene rings is 1. The van der Waals surface area contributed by atoms with Crippen LogP contribution >= 0.6 is 0 Å². The van der Waals surface area contributed by atoms with Crippen LogP contribution in [0.4, 0.5) is 0 Å². The van der Waals surface area contributed by atoms with E-state index in [2.05, 4.69) is 34.5 Å². The van der Waals surface area contributed by atoms with Gasteiger partial charge in [-0.3, -0.25) is 0 Å². The topological polar surface area (TPSA) is 15.3 Å². The quantitative estimate of drug-likeness (QED) is 0.838. The summed E-state index contributed by atoms with van der Waals surface area (Å²) in [5.41, 5.74) is 3.04. The molecule has 0 spiro atoms. The first-order valence-electron chi connectivity index (χ1n) is 6.94. The largest absolute Gasteiger partial charge is 0.308 e. The molecule has 1 atom stereocenters. The fourth-order valence-corrected chi connectivity index (χ4v) is 3.10. The molecule has 1 N–H and O–H groups in total. The first kappa shape index (κ1) is 11.2. The van der Waals surface area contributed by atoms with Gasteiger partial charge in [0.05, 0.1) is 0 Å². The first-order valence-corrected chi connectivity index (χ1v) is 6.94. The lowest BCUT2D eigenvalue weighted by Crippen LogP contribution is -2.46. The van der Waals surface area contributed by atoms with E-state index < -0.39 is 0 Å². The van der Waals surface area contributed by atoms with E-state index in [1.54, 1.807) is 5.56 Å². The van der Waals surface area contributed by atoms with Crippen molar-refractivity contribution >= 4 is 0 Å². The fraction of sp³-hybridized carbons (Fsp3) is 0.600. The summed E-state index contributed by atoms with van der Waals surface area (Å²) < 4.78 is 0. The van der Waals surface area contributed by atoms with Crippen molar-refractivity contribution in [2.24, 2.45) is 0 Å². The fourth-order valence-electron chi connectivity index (χ4n) is 3.10. The maximum atomic E-state index is 3.68. The highest BCUT2D eigenvalue weighted by Gasteiger charge is 2.20. The number of likely N-dealkylation sites (tertiary alicyclic amines) is 1. The minimum atomic E-state index is 0.656. The molecule has 3 rings (SSSR count). The lowest BCUT2D eigenvalue weighted by Gasteiger charge is -2.33. The number of nitrogens with zero attached hydrogens (tertiary/aromatic N) is 1. The van der Waals surface area contributed by atoms with E-state index in [0.717, 1.165) is 6.54 Å². The second-order valence-corrected chi connectivity index (χ2v) is 5.41. The van der Waals surface area contributed by atoms with Crippen LogP contribution in [-0.2, 0) is 13.0 Å². The van der Waals surface area contributed by atoms with E-state index in [0.29, 0.717) is 6.04 Å². The van der Waals surface area contributed by atoms with Crippen LogP contribution in [0, 0.1) is 0 Å². The summed E-state index contributed by atoms with van der Waals surface area (Å²) in [6, 6.07) is 9.51. The Morgan fingerprint density at radius 3 is 2.65 bits per heavy atom. The average molecular weight is 230 g/mol. The van der Waals surface area contributed by atoms with Gasteiger partial charge in [0.25, 0.3) is 0 Å². The van der Waals surface area contributed by atoms with Gasteiger partial charge < -0.3 is 10.2 Å². The molecule has 1 aromatic rings. The van der Waals surface area contributed by atoms with Crippen LogP contribution in [0.5, 0.6) is 0 Å². The van der Waals surface area contributed by atoms with Gasteiger partial charge in [-0.05, 0) is 43.5 Å². The Morgan fingerprint density at radius 2 is 1.82 bits per heavy atom. The van der Waals surface area contributed by atoms with Crippen molar-refractivity contribution in [3.05, 3.63) is 35.4 Å². The summed E-state index contributed by atoms with van der Waals surface area (Å²) in [4.78, 5) is 2.63. The summed E-state index contributed by atoms with van der Waals surface area (Å²) in [7, 11) is 0. The van der Waals surface area contributed by atoms with Gasteiger partial charge in [-0.15, -0.1) is 0 Å². The van der Waals surface area contributed by atoms with E-state index in [4.69, 9.17) is 0 Å². The molecule has 0 radical (unpaired) electrons. The molecule has 1 aromatic carbocycles. The van der Waals surface area contributed by atoms with Crippen LogP contribution in [0.25, 0.3) is 0 Å². The summed E-state index contributed by atoms with van der Waals surface area (Å²) >= 11 is 0. The van der Waals surface area contributed by atoms with Crippen molar-refractivity contribution in [2.45, 2.75) is 38.3 Å². The molecule has 1 fully saturated rings. The maximum absolute atomic E-state index is 3.68. The molecule has 0 saturated carbocycles. The number of rotatable bonds is 2. The van der Waals surface area contributed by atoms with Gasteiger partial charge in [0.2, 0.25) is 0 Å². The highest BCUT2D eigenvalue weighted by Crippen LogP contribution is 2.18. The van der Waals surface area contributed by atoms with Crippen LogP contribution in [0.3, 0.4) is 0 Å². The van der Waals surface area contributed by atoms with Crippen molar-refractivity contribution < 1.29 is 0 Å². The lowest BCUT2D eigenvalue weighted by molar-refractivity contribution is 0.201. The van der Waals surface area contributed by atoms with Crippen LogP contribution in [0.1, 0.15) is 30.4 Å². The summed E-state index contributed by atoms with van der Waals surface area (Å²) in [6.45, 7) is 4.89. The Bertz CT molecular complexity index is 369. The SMILES string of the molecule is c1ccc2c(c1)CNC(CN1CCCCC1)C2. The zero-order valence-electron chi connectivity index (χ0n) is 10.5.